The first-order valence-corrected chi connectivity index (χ1v) is 5.24. The minimum atomic E-state index is -0.112. The Morgan fingerprint density at radius 3 is 2.76 bits per heavy atom. The fourth-order valence-corrected chi connectivity index (χ4v) is 1.76. The number of amides is 1. The summed E-state index contributed by atoms with van der Waals surface area (Å²) in [6.45, 7) is 3.37. The molecule has 0 saturated carbocycles. The molecule has 2 rings (SSSR count). The molecule has 0 bridgehead atoms. The van der Waals surface area contributed by atoms with Gasteiger partial charge in [-0.1, -0.05) is 0 Å². The standard InChI is InChI=1S/C13H12N2O2/c1-8-5-11(7-16)15-13-4-3-10(6-12(8)13)14-9(2)17/h3-7H,1-2H3,(H,14,17). The van der Waals surface area contributed by atoms with Crippen LogP contribution in [0.3, 0.4) is 0 Å². The van der Waals surface area contributed by atoms with Gasteiger partial charge in [0.05, 0.1) is 5.52 Å². The first-order valence-electron chi connectivity index (χ1n) is 5.24. The molecule has 1 heterocycles. The van der Waals surface area contributed by atoms with Crippen molar-refractivity contribution in [2.24, 2.45) is 0 Å². The van der Waals surface area contributed by atoms with Gasteiger partial charge in [-0.05, 0) is 36.8 Å². The predicted octanol–water partition coefficient (Wildman–Crippen LogP) is 2.31. The van der Waals surface area contributed by atoms with E-state index in [1.54, 1.807) is 18.2 Å². The number of fused-ring (bicyclic) bond motifs is 1. The number of anilines is 1. The zero-order chi connectivity index (χ0) is 12.4. The third-order valence-corrected chi connectivity index (χ3v) is 2.48. The fraction of sp³-hybridized carbons (Fsp3) is 0.154. The number of hydrogen-bond acceptors (Lipinski definition) is 3. The van der Waals surface area contributed by atoms with Crippen LogP contribution in [0.25, 0.3) is 10.9 Å². The highest BCUT2D eigenvalue weighted by atomic mass is 16.1. The third kappa shape index (κ3) is 2.30. The number of benzene rings is 1. The lowest BCUT2D eigenvalue weighted by Crippen LogP contribution is -2.05. The number of carbonyl (C=O) groups is 2. The molecule has 0 unspecified atom stereocenters. The molecule has 0 aliphatic rings. The molecule has 1 aromatic heterocycles. The maximum Gasteiger partial charge on any atom is 0.221 e. The molecule has 0 aliphatic carbocycles. The van der Waals surface area contributed by atoms with Crippen molar-refractivity contribution in [3.8, 4) is 0 Å². The van der Waals surface area contributed by atoms with Gasteiger partial charge in [-0.25, -0.2) is 4.98 Å². The summed E-state index contributed by atoms with van der Waals surface area (Å²) in [7, 11) is 0. The maximum absolute atomic E-state index is 11.0. The van der Waals surface area contributed by atoms with Crippen molar-refractivity contribution in [3.63, 3.8) is 0 Å². The first kappa shape index (κ1) is 11.3. The zero-order valence-corrected chi connectivity index (χ0v) is 9.65. The first-order chi connectivity index (χ1) is 8.10. The minimum Gasteiger partial charge on any atom is -0.326 e. The molecule has 17 heavy (non-hydrogen) atoms. The molecule has 0 fully saturated rings. The van der Waals surface area contributed by atoms with Gasteiger partial charge in [0.15, 0.2) is 6.29 Å². The molecule has 0 aliphatic heterocycles. The van der Waals surface area contributed by atoms with Crippen molar-refractivity contribution in [2.75, 3.05) is 5.32 Å². The van der Waals surface area contributed by atoms with Crippen molar-refractivity contribution in [3.05, 3.63) is 35.5 Å². The Bertz CT molecular complexity index is 606. The van der Waals surface area contributed by atoms with Crippen molar-refractivity contribution in [2.45, 2.75) is 13.8 Å². The number of aromatic nitrogens is 1. The van der Waals surface area contributed by atoms with Crippen molar-refractivity contribution < 1.29 is 9.59 Å². The molecule has 2 aromatic rings. The van der Waals surface area contributed by atoms with Crippen molar-refractivity contribution in [1.29, 1.82) is 0 Å². The second-order valence-corrected chi connectivity index (χ2v) is 3.89. The van der Waals surface area contributed by atoms with Gasteiger partial charge >= 0.3 is 0 Å². The Morgan fingerprint density at radius 2 is 2.12 bits per heavy atom. The van der Waals surface area contributed by atoms with Crippen molar-refractivity contribution >= 4 is 28.8 Å². The van der Waals surface area contributed by atoms with E-state index in [0.717, 1.165) is 28.4 Å². The van der Waals surface area contributed by atoms with E-state index in [0.29, 0.717) is 5.69 Å². The molecular weight excluding hydrogens is 216 g/mol. The molecule has 86 valence electrons. The summed E-state index contributed by atoms with van der Waals surface area (Å²) in [5.74, 6) is -0.112. The number of aryl methyl sites for hydroxylation is 1. The van der Waals surface area contributed by atoms with E-state index in [2.05, 4.69) is 10.3 Å². The Labute approximate surface area is 98.7 Å². The summed E-state index contributed by atoms with van der Waals surface area (Å²) in [5, 5.41) is 3.65. The topological polar surface area (TPSA) is 59.1 Å². The number of pyridine rings is 1. The van der Waals surface area contributed by atoms with Crippen LogP contribution in [0.1, 0.15) is 23.0 Å². The highest BCUT2D eigenvalue weighted by molar-refractivity contribution is 5.94. The van der Waals surface area contributed by atoms with Crippen LogP contribution in [0, 0.1) is 6.92 Å². The smallest absolute Gasteiger partial charge is 0.221 e. The number of nitrogens with zero attached hydrogens (tertiary/aromatic N) is 1. The van der Waals surface area contributed by atoms with Crippen LogP contribution in [0.15, 0.2) is 24.3 Å². The number of hydrogen-bond donors (Lipinski definition) is 1. The zero-order valence-electron chi connectivity index (χ0n) is 9.65. The molecule has 1 aromatic carbocycles. The minimum absolute atomic E-state index is 0.112. The van der Waals surface area contributed by atoms with Gasteiger partial charge in [-0.2, -0.15) is 0 Å². The van der Waals surface area contributed by atoms with E-state index in [9.17, 15) is 9.59 Å². The highest BCUT2D eigenvalue weighted by Crippen LogP contribution is 2.21. The van der Waals surface area contributed by atoms with Crippen LogP contribution in [-0.2, 0) is 4.79 Å². The predicted molar refractivity (Wildman–Crippen MR) is 66.2 cm³/mol. The summed E-state index contributed by atoms with van der Waals surface area (Å²) < 4.78 is 0. The normalized spacial score (nSPS) is 10.2. The molecule has 0 saturated heterocycles. The lowest BCUT2D eigenvalue weighted by Gasteiger charge is -2.06. The number of aldehydes is 1. The second-order valence-electron chi connectivity index (χ2n) is 3.89. The summed E-state index contributed by atoms with van der Waals surface area (Å²) >= 11 is 0. The van der Waals surface area contributed by atoms with Gasteiger partial charge in [-0.15, -0.1) is 0 Å². The Balaban J connectivity index is 2.58. The number of nitrogens with one attached hydrogen (secondary N) is 1. The maximum atomic E-state index is 11.0. The van der Waals surface area contributed by atoms with E-state index >= 15 is 0 Å². The SMILES string of the molecule is CC(=O)Nc1ccc2nc(C=O)cc(C)c2c1. The summed E-state index contributed by atoms with van der Waals surface area (Å²) in [6.07, 6.45) is 0.730. The lowest BCUT2D eigenvalue weighted by molar-refractivity contribution is -0.114. The number of rotatable bonds is 2. The average Bonchev–Trinajstić information content (AvgIpc) is 2.29. The van der Waals surface area contributed by atoms with Gasteiger partial charge in [0, 0.05) is 18.0 Å². The van der Waals surface area contributed by atoms with Gasteiger partial charge in [0.1, 0.15) is 5.69 Å². The summed E-state index contributed by atoms with van der Waals surface area (Å²) in [4.78, 5) is 25.9. The summed E-state index contributed by atoms with van der Waals surface area (Å²) in [5.41, 5.74) is 2.86. The third-order valence-electron chi connectivity index (χ3n) is 2.48. The van der Waals surface area contributed by atoms with Crippen LogP contribution >= 0.6 is 0 Å². The fourth-order valence-electron chi connectivity index (χ4n) is 1.76. The molecule has 1 N–H and O–H groups in total. The van der Waals surface area contributed by atoms with Gasteiger partial charge in [0.25, 0.3) is 0 Å². The van der Waals surface area contributed by atoms with Crippen LogP contribution in [0.5, 0.6) is 0 Å². The highest BCUT2D eigenvalue weighted by Gasteiger charge is 2.04. The van der Waals surface area contributed by atoms with Crippen molar-refractivity contribution in [1.82, 2.24) is 4.98 Å². The molecule has 0 spiro atoms. The Hall–Kier alpha value is -2.23. The monoisotopic (exact) mass is 228 g/mol. The molecular formula is C13H12N2O2. The van der Waals surface area contributed by atoms with E-state index in [1.165, 1.54) is 6.92 Å². The van der Waals surface area contributed by atoms with E-state index in [4.69, 9.17) is 0 Å². The van der Waals surface area contributed by atoms with Crippen LogP contribution in [-0.4, -0.2) is 17.2 Å². The largest absolute Gasteiger partial charge is 0.326 e. The van der Waals surface area contributed by atoms with E-state index < -0.39 is 0 Å². The summed E-state index contributed by atoms with van der Waals surface area (Å²) in [6, 6.07) is 7.14. The number of carbonyl (C=O) groups excluding carboxylic acids is 2. The van der Waals surface area contributed by atoms with Crippen LogP contribution in [0.4, 0.5) is 5.69 Å². The molecule has 1 amide bonds. The van der Waals surface area contributed by atoms with Crippen LogP contribution in [0.2, 0.25) is 0 Å². The lowest BCUT2D eigenvalue weighted by atomic mass is 10.1. The molecule has 0 atom stereocenters. The Kier molecular flexibility index (Phi) is 2.87. The Morgan fingerprint density at radius 1 is 1.35 bits per heavy atom. The van der Waals surface area contributed by atoms with E-state index in [-0.39, 0.29) is 5.91 Å². The van der Waals surface area contributed by atoms with Gasteiger partial charge in [-0.3, -0.25) is 9.59 Å². The quantitative estimate of drug-likeness (QED) is 0.802. The second kappa shape index (κ2) is 4.33. The van der Waals surface area contributed by atoms with Gasteiger partial charge < -0.3 is 5.32 Å². The average molecular weight is 228 g/mol. The van der Waals surface area contributed by atoms with Gasteiger partial charge in [0.2, 0.25) is 5.91 Å². The molecule has 0 radical (unpaired) electrons. The van der Waals surface area contributed by atoms with E-state index in [1.807, 2.05) is 13.0 Å². The van der Waals surface area contributed by atoms with Crippen LogP contribution < -0.4 is 5.32 Å². The molecule has 4 nitrogen and oxygen atoms in total. The molecule has 4 heteroatoms.